The van der Waals surface area contributed by atoms with Crippen LogP contribution in [0.5, 0.6) is 5.75 Å². The van der Waals surface area contributed by atoms with Crippen LogP contribution in [0.4, 0.5) is 0 Å². The standard InChI is InChI=1S/C18H18N2O/c1-13-4-5-15(12-14(13)2)18-19-10-11-20(18)16-6-8-17(21-3)9-7-16/h4-12H,1-3H3. The first kappa shape index (κ1) is 13.4. The second kappa shape index (κ2) is 5.44. The van der Waals surface area contributed by atoms with Crippen LogP contribution >= 0.6 is 0 Å². The fourth-order valence-electron chi connectivity index (χ4n) is 2.35. The fourth-order valence-corrected chi connectivity index (χ4v) is 2.35. The molecule has 0 fully saturated rings. The predicted octanol–water partition coefficient (Wildman–Crippen LogP) is 4.16. The molecule has 3 nitrogen and oxygen atoms in total. The topological polar surface area (TPSA) is 27.1 Å². The van der Waals surface area contributed by atoms with Gasteiger partial charge in [0.05, 0.1) is 7.11 Å². The molecule has 0 amide bonds. The van der Waals surface area contributed by atoms with Gasteiger partial charge < -0.3 is 4.74 Å². The lowest BCUT2D eigenvalue weighted by molar-refractivity contribution is 0.415. The first-order valence-electron chi connectivity index (χ1n) is 6.94. The van der Waals surface area contributed by atoms with Crippen molar-refractivity contribution in [2.45, 2.75) is 13.8 Å². The number of aromatic nitrogens is 2. The Morgan fingerprint density at radius 3 is 2.38 bits per heavy atom. The molecule has 0 aliphatic carbocycles. The van der Waals surface area contributed by atoms with Crippen molar-refractivity contribution in [3.63, 3.8) is 0 Å². The van der Waals surface area contributed by atoms with Crippen molar-refractivity contribution < 1.29 is 4.74 Å². The summed E-state index contributed by atoms with van der Waals surface area (Å²) in [5, 5.41) is 0. The number of nitrogens with zero attached hydrogens (tertiary/aromatic N) is 2. The van der Waals surface area contributed by atoms with Crippen molar-refractivity contribution in [2.24, 2.45) is 0 Å². The third-order valence-electron chi connectivity index (χ3n) is 3.76. The van der Waals surface area contributed by atoms with Gasteiger partial charge in [0, 0.05) is 23.6 Å². The van der Waals surface area contributed by atoms with Gasteiger partial charge in [-0.3, -0.25) is 4.57 Å². The van der Waals surface area contributed by atoms with Crippen LogP contribution in [0, 0.1) is 13.8 Å². The number of aryl methyl sites for hydroxylation is 2. The summed E-state index contributed by atoms with van der Waals surface area (Å²) in [5.74, 6) is 1.80. The number of methoxy groups -OCH3 is 1. The summed E-state index contributed by atoms with van der Waals surface area (Å²) in [4.78, 5) is 4.51. The largest absolute Gasteiger partial charge is 0.497 e. The Balaban J connectivity index is 2.05. The van der Waals surface area contributed by atoms with Gasteiger partial charge in [0.15, 0.2) is 0 Å². The lowest BCUT2D eigenvalue weighted by atomic mass is 10.1. The molecule has 0 aliphatic heterocycles. The third kappa shape index (κ3) is 2.55. The Labute approximate surface area is 124 Å². The summed E-state index contributed by atoms with van der Waals surface area (Å²) in [6.07, 6.45) is 3.81. The van der Waals surface area contributed by atoms with Crippen LogP contribution in [0.15, 0.2) is 54.9 Å². The maximum Gasteiger partial charge on any atom is 0.144 e. The Kier molecular flexibility index (Phi) is 3.48. The smallest absolute Gasteiger partial charge is 0.144 e. The van der Waals surface area contributed by atoms with Crippen molar-refractivity contribution >= 4 is 0 Å². The molecule has 0 bridgehead atoms. The summed E-state index contributed by atoms with van der Waals surface area (Å²) >= 11 is 0. The number of hydrogen-bond donors (Lipinski definition) is 0. The lowest BCUT2D eigenvalue weighted by Crippen LogP contribution is -1.97. The quantitative estimate of drug-likeness (QED) is 0.719. The average Bonchev–Trinajstić information content (AvgIpc) is 2.99. The highest BCUT2D eigenvalue weighted by molar-refractivity contribution is 5.60. The molecular formula is C18H18N2O. The maximum atomic E-state index is 5.21. The van der Waals surface area contributed by atoms with Crippen LogP contribution in [0.25, 0.3) is 17.1 Å². The molecular weight excluding hydrogens is 260 g/mol. The minimum absolute atomic E-state index is 0.853. The van der Waals surface area contributed by atoms with Gasteiger partial charge >= 0.3 is 0 Å². The van der Waals surface area contributed by atoms with Gasteiger partial charge in [-0.2, -0.15) is 0 Å². The lowest BCUT2D eigenvalue weighted by Gasteiger charge is -2.10. The Morgan fingerprint density at radius 2 is 1.71 bits per heavy atom. The van der Waals surface area contributed by atoms with Crippen molar-refractivity contribution in [1.82, 2.24) is 9.55 Å². The molecule has 0 spiro atoms. The molecule has 0 aliphatic rings. The summed E-state index contributed by atoms with van der Waals surface area (Å²) in [7, 11) is 1.67. The van der Waals surface area contributed by atoms with Crippen LogP contribution in [0.2, 0.25) is 0 Å². The summed E-state index contributed by atoms with van der Waals surface area (Å²) < 4.78 is 7.29. The zero-order valence-electron chi connectivity index (χ0n) is 12.5. The molecule has 106 valence electrons. The number of benzene rings is 2. The molecule has 21 heavy (non-hydrogen) atoms. The molecule has 0 unspecified atom stereocenters. The van der Waals surface area contributed by atoms with Gasteiger partial charge in [-0.1, -0.05) is 12.1 Å². The normalized spacial score (nSPS) is 10.6. The van der Waals surface area contributed by atoms with E-state index in [0.29, 0.717) is 0 Å². The van der Waals surface area contributed by atoms with E-state index in [4.69, 9.17) is 4.74 Å². The van der Waals surface area contributed by atoms with Gasteiger partial charge in [0.2, 0.25) is 0 Å². The highest BCUT2D eigenvalue weighted by Crippen LogP contribution is 2.24. The maximum absolute atomic E-state index is 5.21. The van der Waals surface area contributed by atoms with Gasteiger partial charge in [-0.05, 0) is 55.3 Å². The van der Waals surface area contributed by atoms with Crippen LogP contribution < -0.4 is 4.74 Å². The van der Waals surface area contributed by atoms with Crippen LogP contribution in [-0.2, 0) is 0 Å². The molecule has 3 aromatic rings. The number of rotatable bonds is 3. The first-order chi connectivity index (χ1) is 10.2. The average molecular weight is 278 g/mol. The summed E-state index contributed by atoms with van der Waals surface area (Å²) in [6, 6.07) is 14.4. The predicted molar refractivity (Wildman–Crippen MR) is 85.0 cm³/mol. The van der Waals surface area contributed by atoms with E-state index in [-0.39, 0.29) is 0 Å². The van der Waals surface area contributed by atoms with Crippen LogP contribution in [0.3, 0.4) is 0 Å². The number of hydrogen-bond acceptors (Lipinski definition) is 2. The van der Waals surface area contributed by atoms with Crippen molar-refractivity contribution in [1.29, 1.82) is 0 Å². The minimum Gasteiger partial charge on any atom is -0.497 e. The second-order valence-corrected chi connectivity index (χ2v) is 5.12. The molecule has 1 heterocycles. The first-order valence-corrected chi connectivity index (χ1v) is 6.94. The minimum atomic E-state index is 0.853. The molecule has 0 saturated carbocycles. The molecule has 0 radical (unpaired) electrons. The van der Waals surface area contributed by atoms with E-state index in [1.54, 1.807) is 7.11 Å². The third-order valence-corrected chi connectivity index (χ3v) is 3.76. The molecule has 3 rings (SSSR count). The summed E-state index contributed by atoms with van der Waals surface area (Å²) in [6.45, 7) is 4.24. The second-order valence-electron chi connectivity index (χ2n) is 5.12. The van der Waals surface area contributed by atoms with Crippen LogP contribution in [0.1, 0.15) is 11.1 Å². The van der Waals surface area contributed by atoms with E-state index < -0.39 is 0 Å². The SMILES string of the molecule is COc1ccc(-n2ccnc2-c2ccc(C)c(C)c2)cc1. The van der Waals surface area contributed by atoms with E-state index in [9.17, 15) is 0 Å². The molecule has 0 atom stereocenters. The van der Waals surface area contributed by atoms with Gasteiger partial charge in [-0.15, -0.1) is 0 Å². The van der Waals surface area contributed by atoms with E-state index in [2.05, 4.69) is 41.6 Å². The van der Waals surface area contributed by atoms with Gasteiger partial charge in [0.25, 0.3) is 0 Å². The van der Waals surface area contributed by atoms with E-state index in [1.165, 1.54) is 11.1 Å². The Morgan fingerprint density at radius 1 is 0.952 bits per heavy atom. The van der Waals surface area contributed by atoms with E-state index >= 15 is 0 Å². The Bertz CT molecular complexity index is 757. The van der Waals surface area contributed by atoms with Gasteiger partial charge in [-0.25, -0.2) is 4.98 Å². The Hall–Kier alpha value is -2.55. The highest BCUT2D eigenvalue weighted by Gasteiger charge is 2.08. The zero-order valence-corrected chi connectivity index (χ0v) is 12.5. The van der Waals surface area contributed by atoms with E-state index in [0.717, 1.165) is 22.8 Å². The fraction of sp³-hybridized carbons (Fsp3) is 0.167. The van der Waals surface area contributed by atoms with E-state index in [1.807, 2.05) is 36.7 Å². The molecule has 0 N–H and O–H groups in total. The number of imidazole rings is 1. The van der Waals surface area contributed by atoms with Crippen molar-refractivity contribution in [2.75, 3.05) is 7.11 Å². The molecule has 0 saturated heterocycles. The molecule has 3 heteroatoms. The number of ether oxygens (including phenoxy) is 1. The highest BCUT2D eigenvalue weighted by atomic mass is 16.5. The zero-order chi connectivity index (χ0) is 14.8. The monoisotopic (exact) mass is 278 g/mol. The van der Waals surface area contributed by atoms with Crippen LogP contribution in [-0.4, -0.2) is 16.7 Å². The van der Waals surface area contributed by atoms with Gasteiger partial charge in [0.1, 0.15) is 11.6 Å². The molecule has 2 aromatic carbocycles. The summed E-state index contributed by atoms with van der Waals surface area (Å²) in [5.41, 5.74) is 4.76. The van der Waals surface area contributed by atoms with Crippen molar-refractivity contribution in [3.8, 4) is 22.8 Å². The van der Waals surface area contributed by atoms with Crippen molar-refractivity contribution in [3.05, 3.63) is 66.0 Å². The molecule has 1 aromatic heterocycles.